The summed E-state index contributed by atoms with van der Waals surface area (Å²) in [4.78, 5) is 16.6. The van der Waals surface area contributed by atoms with Gasteiger partial charge in [0.25, 0.3) is 5.91 Å². The predicted molar refractivity (Wildman–Crippen MR) is 80.5 cm³/mol. The first-order valence-electron chi connectivity index (χ1n) is 6.69. The van der Waals surface area contributed by atoms with Crippen LogP contribution >= 0.6 is 0 Å². The van der Waals surface area contributed by atoms with E-state index in [4.69, 9.17) is 4.74 Å². The molecule has 2 aromatic rings. The van der Waals surface area contributed by atoms with Crippen molar-refractivity contribution in [3.63, 3.8) is 0 Å². The number of benzene rings is 1. The summed E-state index contributed by atoms with van der Waals surface area (Å²) in [5, 5.41) is 3.63. The molecule has 1 heterocycles. The fourth-order valence-corrected chi connectivity index (χ4v) is 2.36. The van der Waals surface area contributed by atoms with Crippen molar-refractivity contribution in [3.05, 3.63) is 35.0 Å². The molecule has 1 amide bonds. The molecule has 2 rings (SSSR count). The molecule has 106 valence electrons. The lowest BCUT2D eigenvalue weighted by Gasteiger charge is -2.14. The minimum absolute atomic E-state index is 0.151. The third-order valence-corrected chi connectivity index (χ3v) is 3.38. The summed E-state index contributed by atoms with van der Waals surface area (Å²) in [5.74, 6) is 0.870. The number of aryl methyl sites for hydroxylation is 1. The Morgan fingerprint density at radius 2 is 2.00 bits per heavy atom. The molecule has 0 aliphatic carbocycles. The van der Waals surface area contributed by atoms with Crippen LogP contribution in [0.1, 0.15) is 41.4 Å². The zero-order chi connectivity index (χ0) is 14.9. The molecule has 4 nitrogen and oxygen atoms in total. The van der Waals surface area contributed by atoms with E-state index in [1.54, 1.807) is 20.2 Å². The van der Waals surface area contributed by atoms with Gasteiger partial charge in [0.1, 0.15) is 5.75 Å². The molecule has 0 radical (unpaired) electrons. The fourth-order valence-electron chi connectivity index (χ4n) is 2.36. The maximum atomic E-state index is 12.1. The minimum atomic E-state index is -0.151. The van der Waals surface area contributed by atoms with Gasteiger partial charge in [-0.2, -0.15) is 0 Å². The highest BCUT2D eigenvalue weighted by atomic mass is 16.5. The Bertz CT molecular complexity index is 663. The molecule has 0 aliphatic rings. The van der Waals surface area contributed by atoms with E-state index in [-0.39, 0.29) is 5.91 Å². The van der Waals surface area contributed by atoms with Crippen LogP contribution in [0.3, 0.4) is 0 Å². The molecule has 0 atom stereocenters. The van der Waals surface area contributed by atoms with Gasteiger partial charge in [-0.15, -0.1) is 0 Å². The van der Waals surface area contributed by atoms with Crippen molar-refractivity contribution in [2.24, 2.45) is 0 Å². The number of hydrogen-bond acceptors (Lipinski definition) is 3. The smallest absolute Gasteiger partial charge is 0.253 e. The van der Waals surface area contributed by atoms with Crippen LogP contribution in [-0.4, -0.2) is 25.0 Å². The normalized spacial score (nSPS) is 10.9. The van der Waals surface area contributed by atoms with Gasteiger partial charge in [0, 0.05) is 18.1 Å². The average Bonchev–Trinajstić information content (AvgIpc) is 2.44. The lowest BCUT2D eigenvalue weighted by molar-refractivity contribution is 0.0964. The largest absolute Gasteiger partial charge is 0.497 e. The zero-order valence-electron chi connectivity index (χ0n) is 12.6. The van der Waals surface area contributed by atoms with E-state index in [1.807, 2.05) is 13.0 Å². The summed E-state index contributed by atoms with van der Waals surface area (Å²) in [5.41, 5.74) is 3.37. The highest BCUT2D eigenvalue weighted by Gasteiger charge is 2.16. The van der Waals surface area contributed by atoms with Gasteiger partial charge in [0.15, 0.2) is 0 Å². The average molecular weight is 272 g/mol. The number of nitrogens with one attached hydrogen (secondary N) is 1. The molecular weight excluding hydrogens is 252 g/mol. The van der Waals surface area contributed by atoms with E-state index in [0.29, 0.717) is 17.2 Å². The van der Waals surface area contributed by atoms with Gasteiger partial charge in [0.05, 0.1) is 18.2 Å². The third kappa shape index (κ3) is 2.46. The molecular formula is C16H20N2O2. The second-order valence-corrected chi connectivity index (χ2v) is 5.16. The van der Waals surface area contributed by atoms with E-state index in [9.17, 15) is 4.79 Å². The van der Waals surface area contributed by atoms with Crippen LogP contribution < -0.4 is 10.1 Å². The monoisotopic (exact) mass is 272 g/mol. The summed E-state index contributed by atoms with van der Waals surface area (Å²) < 4.78 is 5.31. The van der Waals surface area contributed by atoms with E-state index in [0.717, 1.165) is 16.6 Å². The lowest BCUT2D eigenvalue weighted by Crippen LogP contribution is -2.19. The van der Waals surface area contributed by atoms with Crippen LogP contribution in [0, 0.1) is 6.92 Å². The Kier molecular flexibility index (Phi) is 3.93. The fraction of sp³-hybridized carbons (Fsp3) is 0.375. The van der Waals surface area contributed by atoms with Crippen LogP contribution in [-0.2, 0) is 0 Å². The predicted octanol–water partition coefficient (Wildman–Crippen LogP) is 3.03. The van der Waals surface area contributed by atoms with Gasteiger partial charge >= 0.3 is 0 Å². The number of carbonyl (C=O) groups excluding carboxylic acids is 1. The molecule has 0 fully saturated rings. The van der Waals surface area contributed by atoms with Gasteiger partial charge in [-0.3, -0.25) is 9.78 Å². The molecule has 0 unspecified atom stereocenters. The molecule has 0 spiro atoms. The molecule has 0 saturated heterocycles. The van der Waals surface area contributed by atoms with E-state index >= 15 is 0 Å². The van der Waals surface area contributed by atoms with Crippen LogP contribution in [0.2, 0.25) is 0 Å². The number of amides is 1. The SMILES string of the molecule is CNC(=O)c1cc(OC)cc2c(C(C)C)cc(C)nc12. The molecule has 20 heavy (non-hydrogen) atoms. The quantitative estimate of drug-likeness (QED) is 0.934. The number of carbonyl (C=O) groups is 1. The van der Waals surface area contributed by atoms with Crippen molar-refractivity contribution in [2.75, 3.05) is 14.2 Å². The molecule has 0 saturated carbocycles. The molecule has 0 aliphatic heterocycles. The number of hydrogen-bond donors (Lipinski definition) is 1. The second-order valence-electron chi connectivity index (χ2n) is 5.16. The zero-order valence-corrected chi connectivity index (χ0v) is 12.6. The minimum Gasteiger partial charge on any atom is -0.497 e. The van der Waals surface area contributed by atoms with E-state index < -0.39 is 0 Å². The van der Waals surface area contributed by atoms with Crippen molar-refractivity contribution < 1.29 is 9.53 Å². The van der Waals surface area contributed by atoms with Crippen LogP contribution in [0.5, 0.6) is 5.75 Å². The Morgan fingerprint density at radius 3 is 2.55 bits per heavy atom. The van der Waals surface area contributed by atoms with Gasteiger partial charge in [0.2, 0.25) is 0 Å². The van der Waals surface area contributed by atoms with Crippen molar-refractivity contribution in [1.82, 2.24) is 10.3 Å². The Hall–Kier alpha value is -2.10. The number of aromatic nitrogens is 1. The maximum Gasteiger partial charge on any atom is 0.253 e. The highest BCUT2D eigenvalue weighted by molar-refractivity contribution is 6.06. The standard InChI is InChI=1S/C16H20N2O2/c1-9(2)12-6-10(3)18-15-13(12)7-11(20-5)8-14(15)16(19)17-4/h6-9H,1-5H3,(H,17,19). The first-order chi connectivity index (χ1) is 9.47. The summed E-state index contributed by atoms with van der Waals surface area (Å²) in [6.45, 7) is 6.21. The van der Waals surface area contributed by atoms with Crippen molar-refractivity contribution in [2.45, 2.75) is 26.7 Å². The Labute approximate surface area is 119 Å². The summed E-state index contributed by atoms with van der Waals surface area (Å²) in [6, 6.07) is 5.75. The van der Waals surface area contributed by atoms with Crippen molar-refractivity contribution in [1.29, 1.82) is 0 Å². The summed E-state index contributed by atoms with van der Waals surface area (Å²) in [6.07, 6.45) is 0. The number of methoxy groups -OCH3 is 1. The number of pyridine rings is 1. The summed E-state index contributed by atoms with van der Waals surface area (Å²) >= 11 is 0. The third-order valence-electron chi connectivity index (χ3n) is 3.38. The first-order valence-corrected chi connectivity index (χ1v) is 6.69. The highest BCUT2D eigenvalue weighted by Crippen LogP contribution is 2.31. The Morgan fingerprint density at radius 1 is 1.30 bits per heavy atom. The molecule has 1 aromatic heterocycles. The van der Waals surface area contributed by atoms with Gasteiger partial charge in [-0.25, -0.2) is 0 Å². The molecule has 4 heteroatoms. The van der Waals surface area contributed by atoms with Crippen LogP contribution in [0.25, 0.3) is 10.9 Å². The van der Waals surface area contributed by atoms with E-state index in [2.05, 4.69) is 30.2 Å². The number of fused-ring (bicyclic) bond motifs is 1. The maximum absolute atomic E-state index is 12.1. The van der Waals surface area contributed by atoms with E-state index in [1.165, 1.54) is 5.56 Å². The van der Waals surface area contributed by atoms with Gasteiger partial charge in [-0.1, -0.05) is 13.8 Å². The Balaban J connectivity index is 2.88. The van der Waals surface area contributed by atoms with Gasteiger partial charge < -0.3 is 10.1 Å². The summed E-state index contributed by atoms with van der Waals surface area (Å²) in [7, 11) is 3.22. The van der Waals surface area contributed by atoms with Crippen molar-refractivity contribution in [3.8, 4) is 5.75 Å². The van der Waals surface area contributed by atoms with Gasteiger partial charge in [-0.05, 0) is 36.6 Å². The van der Waals surface area contributed by atoms with Crippen molar-refractivity contribution >= 4 is 16.8 Å². The molecule has 0 bridgehead atoms. The number of rotatable bonds is 3. The topological polar surface area (TPSA) is 51.2 Å². The molecule has 1 aromatic carbocycles. The first kappa shape index (κ1) is 14.3. The van der Waals surface area contributed by atoms with Crippen LogP contribution in [0.4, 0.5) is 0 Å². The van der Waals surface area contributed by atoms with Crippen LogP contribution in [0.15, 0.2) is 18.2 Å². The number of nitrogens with zero attached hydrogens (tertiary/aromatic N) is 1. The lowest BCUT2D eigenvalue weighted by atomic mass is 9.95. The molecule has 1 N–H and O–H groups in total. The number of ether oxygens (including phenoxy) is 1. The second kappa shape index (κ2) is 5.49.